The Morgan fingerprint density at radius 1 is 1.15 bits per heavy atom. The van der Waals surface area contributed by atoms with Crippen molar-refractivity contribution in [3.8, 4) is 0 Å². The van der Waals surface area contributed by atoms with Gasteiger partial charge >= 0.3 is 0 Å². The summed E-state index contributed by atoms with van der Waals surface area (Å²) < 4.78 is 0. The summed E-state index contributed by atoms with van der Waals surface area (Å²) in [6.45, 7) is 0.661. The number of nitrogens with zero attached hydrogens (tertiary/aromatic N) is 1. The van der Waals surface area contributed by atoms with Crippen LogP contribution >= 0.6 is 0 Å². The Labute approximate surface area is 151 Å². The number of benzene rings is 2. The van der Waals surface area contributed by atoms with Crippen LogP contribution in [0.4, 0.5) is 0 Å². The van der Waals surface area contributed by atoms with Crippen LogP contribution < -0.4 is 10.6 Å². The summed E-state index contributed by atoms with van der Waals surface area (Å²) in [4.78, 5) is 12.4. The van der Waals surface area contributed by atoms with Crippen LogP contribution in [-0.2, 0) is 12.8 Å². The van der Waals surface area contributed by atoms with Gasteiger partial charge in [0, 0.05) is 24.5 Å². The van der Waals surface area contributed by atoms with Crippen LogP contribution in [0.3, 0.4) is 0 Å². The number of amides is 1. The van der Waals surface area contributed by atoms with Crippen molar-refractivity contribution in [1.29, 1.82) is 0 Å². The average Bonchev–Trinajstić information content (AvgIpc) is 3.30. The molecule has 1 amide bonds. The van der Waals surface area contributed by atoms with Gasteiger partial charge in [0.25, 0.3) is 5.91 Å². The van der Waals surface area contributed by atoms with Gasteiger partial charge in [0.15, 0.2) is 0 Å². The standard InChI is InChI=1S/C20H22N4O2/c25-16(10-21-15-8-13-4-1-2-5-14(13)9-15)11-22-20(26)17-6-3-7-19-18(17)12-23-24-19/h1-7,12,15-16,21,25H,8-11H2,(H,22,26)(H,23,24). The smallest absolute Gasteiger partial charge is 0.252 e. The van der Waals surface area contributed by atoms with Crippen molar-refractivity contribution < 1.29 is 9.90 Å². The highest BCUT2D eigenvalue weighted by molar-refractivity contribution is 6.06. The lowest BCUT2D eigenvalue weighted by molar-refractivity contribution is 0.0915. The van der Waals surface area contributed by atoms with Crippen molar-refractivity contribution in [2.45, 2.75) is 25.0 Å². The minimum Gasteiger partial charge on any atom is -0.390 e. The number of aliphatic hydroxyl groups is 1. The maximum absolute atomic E-state index is 12.4. The van der Waals surface area contributed by atoms with Crippen LogP contribution in [0.1, 0.15) is 21.5 Å². The van der Waals surface area contributed by atoms with Crippen molar-refractivity contribution in [2.24, 2.45) is 0 Å². The minimum absolute atomic E-state index is 0.204. The van der Waals surface area contributed by atoms with Crippen LogP contribution in [0, 0.1) is 0 Å². The molecule has 134 valence electrons. The zero-order valence-corrected chi connectivity index (χ0v) is 14.4. The van der Waals surface area contributed by atoms with Gasteiger partial charge in [-0.2, -0.15) is 5.10 Å². The van der Waals surface area contributed by atoms with E-state index in [1.807, 2.05) is 12.1 Å². The molecule has 1 aliphatic rings. The number of hydrogen-bond acceptors (Lipinski definition) is 4. The third-order valence-corrected chi connectivity index (χ3v) is 4.92. The fraction of sp³-hybridized carbons (Fsp3) is 0.300. The van der Waals surface area contributed by atoms with E-state index in [1.54, 1.807) is 12.3 Å². The Bertz CT molecular complexity index is 896. The van der Waals surface area contributed by atoms with Crippen molar-refractivity contribution >= 4 is 16.8 Å². The lowest BCUT2D eigenvalue weighted by Gasteiger charge is -2.17. The largest absolute Gasteiger partial charge is 0.390 e. The highest BCUT2D eigenvalue weighted by atomic mass is 16.3. The minimum atomic E-state index is -0.633. The molecule has 1 aromatic heterocycles. The molecule has 0 spiro atoms. The van der Waals surface area contributed by atoms with Gasteiger partial charge in [-0.1, -0.05) is 30.3 Å². The number of rotatable bonds is 6. The summed E-state index contributed by atoms with van der Waals surface area (Å²) in [5.74, 6) is -0.204. The molecule has 0 fully saturated rings. The molecule has 1 unspecified atom stereocenters. The first-order valence-electron chi connectivity index (χ1n) is 8.89. The summed E-state index contributed by atoms with van der Waals surface area (Å²) in [7, 11) is 0. The number of fused-ring (bicyclic) bond motifs is 2. The third-order valence-electron chi connectivity index (χ3n) is 4.92. The molecule has 26 heavy (non-hydrogen) atoms. The van der Waals surface area contributed by atoms with Gasteiger partial charge in [0.2, 0.25) is 0 Å². The highest BCUT2D eigenvalue weighted by Crippen LogP contribution is 2.21. The molecule has 3 aromatic rings. The molecule has 4 rings (SSSR count). The van der Waals surface area contributed by atoms with Crippen molar-refractivity contribution in [3.63, 3.8) is 0 Å². The summed E-state index contributed by atoms with van der Waals surface area (Å²) in [6, 6.07) is 14.2. The number of aromatic amines is 1. The molecule has 0 aliphatic heterocycles. The van der Waals surface area contributed by atoms with Gasteiger partial charge in [0.1, 0.15) is 0 Å². The molecule has 4 N–H and O–H groups in total. The van der Waals surface area contributed by atoms with Crippen LogP contribution in [0.5, 0.6) is 0 Å². The molecule has 0 saturated carbocycles. The van der Waals surface area contributed by atoms with Crippen molar-refractivity contribution in [1.82, 2.24) is 20.8 Å². The van der Waals surface area contributed by atoms with E-state index in [1.165, 1.54) is 11.1 Å². The quantitative estimate of drug-likeness (QED) is 0.541. The molecule has 6 heteroatoms. The summed E-state index contributed by atoms with van der Waals surface area (Å²) >= 11 is 0. The number of hydrogen-bond donors (Lipinski definition) is 4. The Morgan fingerprint density at radius 3 is 2.69 bits per heavy atom. The topological polar surface area (TPSA) is 90.0 Å². The summed E-state index contributed by atoms with van der Waals surface area (Å²) in [6.07, 6.45) is 2.97. The predicted molar refractivity (Wildman–Crippen MR) is 100 cm³/mol. The number of carbonyl (C=O) groups excluding carboxylic acids is 1. The Hall–Kier alpha value is -2.70. The van der Waals surface area contributed by atoms with E-state index in [0.717, 1.165) is 23.7 Å². The van der Waals surface area contributed by atoms with Gasteiger partial charge in [-0.3, -0.25) is 9.89 Å². The molecule has 6 nitrogen and oxygen atoms in total. The fourth-order valence-electron chi connectivity index (χ4n) is 3.55. The molecule has 1 aliphatic carbocycles. The third kappa shape index (κ3) is 3.47. The zero-order valence-electron chi connectivity index (χ0n) is 14.4. The first-order valence-corrected chi connectivity index (χ1v) is 8.89. The Morgan fingerprint density at radius 2 is 1.92 bits per heavy atom. The lowest BCUT2D eigenvalue weighted by atomic mass is 10.1. The van der Waals surface area contributed by atoms with Gasteiger partial charge < -0.3 is 15.7 Å². The maximum atomic E-state index is 12.4. The molecular formula is C20H22N4O2. The number of carbonyl (C=O) groups is 1. The van der Waals surface area contributed by atoms with Crippen LogP contribution in [0.25, 0.3) is 10.9 Å². The maximum Gasteiger partial charge on any atom is 0.252 e. The monoisotopic (exact) mass is 350 g/mol. The van der Waals surface area contributed by atoms with E-state index in [2.05, 4.69) is 45.1 Å². The van der Waals surface area contributed by atoms with Gasteiger partial charge in [-0.05, 0) is 36.1 Å². The molecule has 2 aromatic carbocycles. The summed E-state index contributed by atoms with van der Waals surface area (Å²) in [5.41, 5.74) is 4.13. The van der Waals surface area contributed by atoms with Crippen LogP contribution in [0.2, 0.25) is 0 Å². The van der Waals surface area contributed by atoms with Gasteiger partial charge in [-0.15, -0.1) is 0 Å². The molecule has 1 heterocycles. The zero-order chi connectivity index (χ0) is 17.9. The number of nitrogens with one attached hydrogen (secondary N) is 3. The van der Waals surface area contributed by atoms with Crippen LogP contribution in [0.15, 0.2) is 48.7 Å². The molecule has 1 atom stereocenters. The Kier molecular flexibility index (Phi) is 4.69. The van der Waals surface area contributed by atoms with E-state index in [4.69, 9.17) is 0 Å². The molecule has 0 radical (unpaired) electrons. The average molecular weight is 350 g/mol. The van der Waals surface area contributed by atoms with Crippen LogP contribution in [-0.4, -0.2) is 46.4 Å². The molecule has 0 saturated heterocycles. The van der Waals surface area contributed by atoms with E-state index in [-0.39, 0.29) is 12.5 Å². The molecular weight excluding hydrogens is 328 g/mol. The Balaban J connectivity index is 1.26. The van der Waals surface area contributed by atoms with Gasteiger partial charge in [-0.25, -0.2) is 0 Å². The number of aliphatic hydroxyl groups excluding tert-OH is 1. The van der Waals surface area contributed by atoms with E-state index >= 15 is 0 Å². The number of aromatic nitrogens is 2. The highest BCUT2D eigenvalue weighted by Gasteiger charge is 2.21. The van der Waals surface area contributed by atoms with E-state index in [0.29, 0.717) is 18.2 Å². The van der Waals surface area contributed by atoms with E-state index in [9.17, 15) is 9.90 Å². The molecule has 0 bridgehead atoms. The second-order valence-corrected chi connectivity index (χ2v) is 6.78. The predicted octanol–water partition coefficient (Wildman–Crippen LogP) is 1.41. The summed E-state index contributed by atoms with van der Waals surface area (Å²) in [5, 5.41) is 24.0. The van der Waals surface area contributed by atoms with Gasteiger partial charge in [0.05, 0.1) is 23.4 Å². The lowest BCUT2D eigenvalue weighted by Crippen LogP contribution is -2.41. The van der Waals surface area contributed by atoms with E-state index < -0.39 is 6.10 Å². The van der Waals surface area contributed by atoms with Crippen molar-refractivity contribution in [2.75, 3.05) is 13.1 Å². The first kappa shape index (κ1) is 16.8. The van der Waals surface area contributed by atoms with Crippen molar-refractivity contribution in [3.05, 3.63) is 65.4 Å². The SMILES string of the molecule is O=C(NCC(O)CNC1Cc2ccccc2C1)c1cccc2[nH]ncc12. The number of H-pyrrole nitrogens is 1. The normalized spacial score (nSPS) is 15.1. The first-order chi connectivity index (χ1) is 12.7. The second kappa shape index (κ2) is 7.27. The second-order valence-electron chi connectivity index (χ2n) is 6.78. The fourth-order valence-corrected chi connectivity index (χ4v) is 3.55.